The van der Waals surface area contributed by atoms with Gasteiger partial charge in [0.05, 0.1) is 12.4 Å². The summed E-state index contributed by atoms with van der Waals surface area (Å²) < 4.78 is 39.3. The first-order valence-corrected chi connectivity index (χ1v) is 6.40. The van der Waals surface area contributed by atoms with Crippen LogP contribution in [0, 0.1) is 17.5 Å². The average Bonchev–Trinajstić information content (AvgIpc) is 2.48. The molecule has 5 heteroatoms. The van der Waals surface area contributed by atoms with Gasteiger partial charge in [0.1, 0.15) is 5.82 Å². The van der Waals surface area contributed by atoms with E-state index in [4.69, 9.17) is 0 Å². The van der Waals surface area contributed by atoms with E-state index >= 15 is 0 Å². The Morgan fingerprint density at radius 3 is 2.29 bits per heavy atom. The van der Waals surface area contributed by atoms with E-state index < -0.39 is 11.6 Å². The normalized spacial score (nSPS) is 11.6. The minimum Gasteiger partial charge on any atom is -0.206 e. The van der Waals surface area contributed by atoms with Crippen molar-refractivity contribution in [3.8, 4) is 0 Å². The second kappa shape index (κ2) is 6.83. The predicted octanol–water partition coefficient (Wildman–Crippen LogP) is 4.12. The fourth-order valence-electron chi connectivity index (χ4n) is 1.68. The molecule has 0 aliphatic carbocycles. The summed E-state index contributed by atoms with van der Waals surface area (Å²) in [6.45, 7) is 1.94. The van der Waals surface area contributed by atoms with Crippen LogP contribution in [-0.2, 0) is 6.42 Å². The Hall–Kier alpha value is -2.43. The van der Waals surface area contributed by atoms with Crippen molar-refractivity contribution in [2.24, 2.45) is 10.2 Å². The molecule has 0 aliphatic heterocycles. The smallest absolute Gasteiger partial charge is 0.159 e. The third-order valence-corrected chi connectivity index (χ3v) is 2.89. The molecule has 0 spiro atoms. The third-order valence-electron chi connectivity index (χ3n) is 2.89. The van der Waals surface area contributed by atoms with Gasteiger partial charge in [0.15, 0.2) is 11.6 Å². The van der Waals surface area contributed by atoms with Gasteiger partial charge in [-0.25, -0.2) is 13.2 Å². The van der Waals surface area contributed by atoms with E-state index in [1.807, 2.05) is 13.0 Å². The molecule has 0 unspecified atom stereocenters. The van der Waals surface area contributed by atoms with E-state index in [0.717, 1.165) is 24.1 Å². The third kappa shape index (κ3) is 4.02. The number of hydrogen-bond acceptors (Lipinski definition) is 2. The van der Waals surface area contributed by atoms with Crippen molar-refractivity contribution in [1.29, 1.82) is 0 Å². The molecule has 0 heterocycles. The van der Waals surface area contributed by atoms with Gasteiger partial charge in [-0.15, -0.1) is 0 Å². The molecule has 0 saturated carbocycles. The lowest BCUT2D eigenvalue weighted by atomic mass is 10.1. The number of aryl methyl sites for hydroxylation is 1. The van der Waals surface area contributed by atoms with Crippen molar-refractivity contribution >= 4 is 12.4 Å². The topological polar surface area (TPSA) is 24.7 Å². The quantitative estimate of drug-likeness (QED) is 0.598. The van der Waals surface area contributed by atoms with Crippen LogP contribution in [-0.4, -0.2) is 12.4 Å². The van der Waals surface area contributed by atoms with Crippen molar-refractivity contribution < 1.29 is 13.2 Å². The second-order valence-electron chi connectivity index (χ2n) is 4.37. The van der Waals surface area contributed by atoms with Crippen molar-refractivity contribution in [3.63, 3.8) is 0 Å². The number of halogens is 3. The van der Waals surface area contributed by atoms with Gasteiger partial charge < -0.3 is 0 Å². The summed E-state index contributed by atoms with van der Waals surface area (Å²) in [5, 5.41) is 7.37. The van der Waals surface area contributed by atoms with Crippen molar-refractivity contribution in [1.82, 2.24) is 0 Å². The molecule has 0 bridgehead atoms. The Morgan fingerprint density at radius 1 is 0.857 bits per heavy atom. The summed E-state index contributed by atoms with van der Waals surface area (Å²) in [4.78, 5) is 0. The van der Waals surface area contributed by atoms with Gasteiger partial charge in [-0.3, -0.25) is 0 Å². The Balaban J connectivity index is 2.08. The summed E-state index contributed by atoms with van der Waals surface area (Å²) >= 11 is 0. The van der Waals surface area contributed by atoms with Crippen LogP contribution in [0.3, 0.4) is 0 Å². The first kappa shape index (κ1) is 15.0. The Kier molecular flexibility index (Phi) is 4.87. The van der Waals surface area contributed by atoms with Gasteiger partial charge in [-0.1, -0.05) is 25.1 Å². The first-order valence-electron chi connectivity index (χ1n) is 6.40. The van der Waals surface area contributed by atoms with Crippen molar-refractivity contribution in [2.45, 2.75) is 13.3 Å². The molecule has 0 aromatic heterocycles. The predicted molar refractivity (Wildman–Crippen MR) is 77.3 cm³/mol. The van der Waals surface area contributed by atoms with E-state index in [2.05, 4.69) is 10.2 Å². The van der Waals surface area contributed by atoms with Crippen molar-refractivity contribution in [2.75, 3.05) is 0 Å². The molecule has 0 amide bonds. The molecule has 0 atom stereocenters. The maximum absolute atomic E-state index is 13.7. The molecular weight excluding hydrogens is 277 g/mol. The average molecular weight is 290 g/mol. The largest absolute Gasteiger partial charge is 0.206 e. The molecule has 108 valence electrons. The van der Waals surface area contributed by atoms with Crippen LogP contribution in [0.25, 0.3) is 0 Å². The Morgan fingerprint density at radius 2 is 1.62 bits per heavy atom. The molecule has 0 radical (unpaired) electrons. The number of hydrogen-bond donors (Lipinski definition) is 0. The molecule has 0 aliphatic rings. The highest BCUT2D eigenvalue weighted by molar-refractivity contribution is 5.82. The highest BCUT2D eigenvalue weighted by Gasteiger charge is 2.01. The van der Waals surface area contributed by atoms with Crippen LogP contribution < -0.4 is 0 Å². The molecule has 0 saturated heterocycles. The molecule has 2 aromatic carbocycles. The number of rotatable bonds is 4. The summed E-state index contributed by atoms with van der Waals surface area (Å²) in [6.07, 6.45) is 3.28. The van der Waals surface area contributed by atoms with Crippen LogP contribution in [0.1, 0.15) is 23.6 Å². The van der Waals surface area contributed by atoms with Gasteiger partial charge >= 0.3 is 0 Å². The van der Waals surface area contributed by atoms with E-state index in [1.165, 1.54) is 24.6 Å². The summed E-state index contributed by atoms with van der Waals surface area (Å²) in [7, 11) is 0. The molecule has 0 fully saturated rings. The van der Waals surface area contributed by atoms with E-state index in [-0.39, 0.29) is 5.82 Å². The fourth-order valence-corrected chi connectivity index (χ4v) is 1.68. The Bertz CT molecular complexity index is 694. The zero-order valence-electron chi connectivity index (χ0n) is 11.4. The molecular formula is C16H13F3N2. The van der Waals surface area contributed by atoms with Crippen LogP contribution in [0.2, 0.25) is 0 Å². The van der Waals surface area contributed by atoms with Gasteiger partial charge in [-0.05, 0) is 35.7 Å². The van der Waals surface area contributed by atoms with Crippen LogP contribution in [0.15, 0.2) is 46.6 Å². The summed E-state index contributed by atoms with van der Waals surface area (Å²) in [5.41, 5.74) is 1.58. The maximum atomic E-state index is 13.7. The standard InChI is InChI=1S/C16H13F3N2/c1-2-11-3-5-13(15(18)7-11)10-21-20-9-12-4-6-14(17)16(19)8-12/h3-10H,2H2,1H3. The zero-order valence-corrected chi connectivity index (χ0v) is 11.4. The van der Waals surface area contributed by atoms with Gasteiger partial charge in [0.25, 0.3) is 0 Å². The molecule has 0 N–H and O–H groups in total. The van der Waals surface area contributed by atoms with Gasteiger partial charge in [0, 0.05) is 5.56 Å². The van der Waals surface area contributed by atoms with Crippen LogP contribution >= 0.6 is 0 Å². The maximum Gasteiger partial charge on any atom is 0.159 e. The second-order valence-corrected chi connectivity index (χ2v) is 4.37. The van der Waals surface area contributed by atoms with E-state index in [9.17, 15) is 13.2 Å². The van der Waals surface area contributed by atoms with E-state index in [0.29, 0.717) is 11.1 Å². The minimum absolute atomic E-state index is 0.314. The first-order chi connectivity index (χ1) is 10.1. The van der Waals surface area contributed by atoms with Crippen LogP contribution in [0.4, 0.5) is 13.2 Å². The number of nitrogens with zero attached hydrogens (tertiary/aromatic N) is 2. The lowest BCUT2D eigenvalue weighted by Gasteiger charge is -1.99. The lowest BCUT2D eigenvalue weighted by molar-refractivity contribution is 0.508. The van der Waals surface area contributed by atoms with Gasteiger partial charge in [0.2, 0.25) is 0 Å². The van der Waals surface area contributed by atoms with Crippen molar-refractivity contribution in [3.05, 3.63) is 70.5 Å². The minimum atomic E-state index is -0.955. The highest BCUT2D eigenvalue weighted by Crippen LogP contribution is 2.09. The summed E-state index contributed by atoms with van der Waals surface area (Å²) in [6, 6.07) is 8.25. The monoisotopic (exact) mass is 290 g/mol. The molecule has 2 nitrogen and oxygen atoms in total. The molecule has 2 aromatic rings. The fraction of sp³-hybridized carbons (Fsp3) is 0.125. The molecule has 2 rings (SSSR count). The lowest BCUT2D eigenvalue weighted by Crippen LogP contribution is -1.91. The number of benzene rings is 2. The van der Waals surface area contributed by atoms with Crippen LogP contribution in [0.5, 0.6) is 0 Å². The highest BCUT2D eigenvalue weighted by atomic mass is 19.2. The summed E-state index contributed by atoms with van der Waals surface area (Å²) in [5.74, 6) is -2.25. The Labute approximate surface area is 120 Å². The van der Waals surface area contributed by atoms with Gasteiger partial charge in [-0.2, -0.15) is 10.2 Å². The van der Waals surface area contributed by atoms with E-state index in [1.54, 1.807) is 6.07 Å². The SMILES string of the molecule is CCc1ccc(C=NN=Cc2ccc(F)c(F)c2)c(F)c1. The zero-order chi connectivity index (χ0) is 15.2. The molecule has 21 heavy (non-hydrogen) atoms.